The molecule has 0 saturated carbocycles. The second-order valence-electron chi connectivity index (χ2n) is 0.600. The second-order valence-corrected chi connectivity index (χ2v) is 0.600. The SMILES string of the molecule is C=CCO[NH]. The Balaban J connectivity index is 2.40. The number of rotatable bonds is 2. The van der Waals surface area contributed by atoms with Crippen LogP contribution in [0.3, 0.4) is 0 Å². The summed E-state index contributed by atoms with van der Waals surface area (Å²) in [5, 5.41) is 0. The summed E-state index contributed by atoms with van der Waals surface area (Å²) >= 11 is 0. The van der Waals surface area contributed by atoms with Crippen LogP contribution in [0.5, 0.6) is 0 Å². The molecule has 0 rings (SSSR count). The highest BCUT2D eigenvalue weighted by Crippen LogP contribution is 1.58. The van der Waals surface area contributed by atoms with Crippen molar-refractivity contribution < 1.29 is 4.84 Å². The van der Waals surface area contributed by atoms with Crippen molar-refractivity contribution in [3.63, 3.8) is 0 Å². The van der Waals surface area contributed by atoms with E-state index in [1.807, 2.05) is 0 Å². The van der Waals surface area contributed by atoms with Gasteiger partial charge in [0.15, 0.2) is 0 Å². The largest absolute Gasteiger partial charge is 0.281 e. The average molecular weight is 72.1 g/mol. The molecular weight excluding hydrogens is 66.0 g/mol. The van der Waals surface area contributed by atoms with Crippen LogP contribution in [-0.4, -0.2) is 6.61 Å². The van der Waals surface area contributed by atoms with Gasteiger partial charge >= 0.3 is 0 Å². The van der Waals surface area contributed by atoms with Gasteiger partial charge in [-0.15, -0.1) is 12.5 Å². The van der Waals surface area contributed by atoms with Crippen LogP contribution < -0.4 is 5.90 Å². The number of hydrogen-bond acceptors (Lipinski definition) is 1. The van der Waals surface area contributed by atoms with Crippen molar-refractivity contribution >= 4 is 0 Å². The molecule has 29 valence electrons. The van der Waals surface area contributed by atoms with E-state index in [0.29, 0.717) is 6.61 Å². The highest BCUT2D eigenvalue weighted by atomic mass is 16.6. The highest BCUT2D eigenvalue weighted by molar-refractivity contribution is 4.62. The van der Waals surface area contributed by atoms with E-state index in [2.05, 4.69) is 11.4 Å². The fourth-order valence-corrected chi connectivity index (χ4v) is 0.0589. The summed E-state index contributed by atoms with van der Waals surface area (Å²) in [6, 6.07) is 0. The third kappa shape index (κ3) is 3.66. The van der Waals surface area contributed by atoms with Gasteiger partial charge in [0.25, 0.3) is 0 Å². The molecule has 0 aromatic carbocycles. The van der Waals surface area contributed by atoms with Crippen LogP contribution in [0.2, 0.25) is 0 Å². The topological polar surface area (TPSA) is 33.0 Å². The zero-order chi connectivity index (χ0) is 4.12. The van der Waals surface area contributed by atoms with Crippen LogP contribution in [0, 0.1) is 0 Å². The fourth-order valence-electron chi connectivity index (χ4n) is 0.0589. The van der Waals surface area contributed by atoms with Gasteiger partial charge in [-0.25, -0.2) is 0 Å². The fraction of sp³-hybridized carbons (Fsp3) is 0.333. The van der Waals surface area contributed by atoms with Crippen molar-refractivity contribution in [2.75, 3.05) is 6.61 Å². The van der Waals surface area contributed by atoms with Gasteiger partial charge in [-0.2, -0.15) is 0 Å². The van der Waals surface area contributed by atoms with Gasteiger partial charge in [0.2, 0.25) is 0 Å². The second kappa shape index (κ2) is 3.66. The molecule has 0 spiro atoms. The summed E-state index contributed by atoms with van der Waals surface area (Å²) in [4.78, 5) is 3.82. The third-order valence-corrected chi connectivity index (χ3v) is 0.201. The van der Waals surface area contributed by atoms with Gasteiger partial charge in [-0.3, -0.25) is 4.84 Å². The molecule has 0 saturated heterocycles. The first kappa shape index (κ1) is 4.66. The molecule has 0 amide bonds. The molecule has 0 aromatic rings. The smallest absolute Gasteiger partial charge is 0.0878 e. The Morgan fingerprint density at radius 2 is 2.60 bits per heavy atom. The van der Waals surface area contributed by atoms with Crippen LogP contribution in [0.25, 0.3) is 0 Å². The molecule has 0 aromatic heterocycles. The minimum absolute atomic E-state index is 0.319. The van der Waals surface area contributed by atoms with Crippen molar-refractivity contribution in [3.8, 4) is 0 Å². The van der Waals surface area contributed by atoms with E-state index in [1.165, 1.54) is 6.08 Å². The predicted molar refractivity (Wildman–Crippen MR) is 19.2 cm³/mol. The first-order valence-corrected chi connectivity index (χ1v) is 1.31. The molecular formula is C3H6NO. The van der Waals surface area contributed by atoms with Crippen LogP contribution in [0.15, 0.2) is 12.7 Å². The summed E-state index contributed by atoms with van der Waals surface area (Å²) in [5.74, 6) is 6.03. The Hall–Kier alpha value is -0.340. The number of nitrogens with one attached hydrogen (secondary N) is 1. The Morgan fingerprint density at radius 1 is 2.00 bits per heavy atom. The molecule has 0 heterocycles. The van der Waals surface area contributed by atoms with E-state index in [1.54, 1.807) is 0 Å². The quantitative estimate of drug-likeness (QED) is 0.343. The lowest BCUT2D eigenvalue weighted by Crippen LogP contribution is -1.81. The van der Waals surface area contributed by atoms with E-state index in [9.17, 15) is 0 Å². The number of hydrogen-bond donors (Lipinski definition) is 0. The van der Waals surface area contributed by atoms with Crippen LogP contribution in [-0.2, 0) is 4.84 Å². The highest BCUT2D eigenvalue weighted by Gasteiger charge is 1.60. The minimum Gasteiger partial charge on any atom is -0.281 e. The molecule has 0 aliphatic rings. The first-order chi connectivity index (χ1) is 2.41. The standard InChI is InChI=1S/C3H6NO/c1-2-3-5-4/h2,4H,1,3H2. The summed E-state index contributed by atoms with van der Waals surface area (Å²) in [7, 11) is 0. The van der Waals surface area contributed by atoms with E-state index in [-0.39, 0.29) is 0 Å². The van der Waals surface area contributed by atoms with E-state index in [0.717, 1.165) is 0 Å². The molecule has 0 unspecified atom stereocenters. The van der Waals surface area contributed by atoms with E-state index in [4.69, 9.17) is 5.90 Å². The lowest BCUT2D eigenvalue weighted by atomic mass is 10.7. The average Bonchev–Trinajstić information content (AvgIpc) is 1.41. The van der Waals surface area contributed by atoms with Gasteiger partial charge in [-0.1, -0.05) is 6.08 Å². The molecule has 0 aliphatic heterocycles. The lowest BCUT2D eigenvalue weighted by Gasteiger charge is -1.76. The molecule has 0 aliphatic carbocycles. The van der Waals surface area contributed by atoms with Gasteiger partial charge < -0.3 is 0 Å². The predicted octanol–water partition coefficient (Wildman–Crippen LogP) is 0.387. The zero-order valence-electron chi connectivity index (χ0n) is 2.90. The van der Waals surface area contributed by atoms with Crippen LogP contribution in [0.4, 0.5) is 0 Å². The maximum atomic E-state index is 6.03. The molecule has 1 N–H and O–H groups in total. The van der Waals surface area contributed by atoms with Gasteiger partial charge in [-0.05, 0) is 0 Å². The lowest BCUT2D eigenvalue weighted by molar-refractivity contribution is 0.147. The molecule has 0 fully saturated rings. The summed E-state index contributed by atoms with van der Waals surface area (Å²) < 4.78 is 0. The molecule has 5 heavy (non-hydrogen) atoms. The minimum atomic E-state index is 0.319. The molecule has 2 nitrogen and oxygen atoms in total. The maximum Gasteiger partial charge on any atom is 0.0878 e. The first-order valence-electron chi connectivity index (χ1n) is 1.31. The monoisotopic (exact) mass is 72.0 g/mol. The maximum absolute atomic E-state index is 6.03. The Bertz CT molecular complexity index is 28.1. The summed E-state index contributed by atoms with van der Waals surface area (Å²) in [5.41, 5.74) is 0. The molecule has 1 radical (unpaired) electrons. The van der Waals surface area contributed by atoms with Gasteiger partial charge in [0, 0.05) is 0 Å². The molecule has 0 atom stereocenters. The summed E-state index contributed by atoms with van der Waals surface area (Å²) in [6.07, 6.45) is 1.52. The van der Waals surface area contributed by atoms with Crippen molar-refractivity contribution in [2.24, 2.45) is 0 Å². The van der Waals surface area contributed by atoms with Crippen molar-refractivity contribution in [2.45, 2.75) is 0 Å². The van der Waals surface area contributed by atoms with Crippen LogP contribution in [0.1, 0.15) is 0 Å². The van der Waals surface area contributed by atoms with E-state index < -0.39 is 0 Å². The van der Waals surface area contributed by atoms with Gasteiger partial charge in [0.05, 0.1) is 6.61 Å². The van der Waals surface area contributed by atoms with Gasteiger partial charge in [0.1, 0.15) is 0 Å². The normalized spacial score (nSPS) is 7.40. The van der Waals surface area contributed by atoms with Crippen molar-refractivity contribution in [3.05, 3.63) is 12.7 Å². The zero-order valence-corrected chi connectivity index (χ0v) is 2.90. The Labute approximate surface area is 31.2 Å². The summed E-state index contributed by atoms with van der Waals surface area (Å²) in [6.45, 7) is 3.62. The Kier molecular flexibility index (Phi) is 3.41. The molecule has 2 heteroatoms. The van der Waals surface area contributed by atoms with E-state index >= 15 is 0 Å². The Morgan fingerprint density at radius 3 is 2.60 bits per heavy atom. The third-order valence-electron chi connectivity index (χ3n) is 0.201. The van der Waals surface area contributed by atoms with Crippen LogP contribution >= 0.6 is 0 Å². The van der Waals surface area contributed by atoms with Crippen molar-refractivity contribution in [1.82, 2.24) is 5.90 Å². The molecule has 0 bridgehead atoms. The van der Waals surface area contributed by atoms with Crippen molar-refractivity contribution in [1.29, 1.82) is 0 Å².